The van der Waals surface area contributed by atoms with E-state index in [9.17, 15) is 13.2 Å². The molecule has 0 N–H and O–H groups in total. The van der Waals surface area contributed by atoms with E-state index in [1.807, 2.05) is 6.07 Å². The summed E-state index contributed by atoms with van der Waals surface area (Å²) in [7, 11) is -3.11. The summed E-state index contributed by atoms with van der Waals surface area (Å²) in [5.74, 6) is 0.686. The van der Waals surface area contributed by atoms with E-state index in [-0.39, 0.29) is 29.0 Å². The number of rotatable bonds is 2. The average Bonchev–Trinajstić information content (AvgIpc) is 2.46. The number of hydrogen-bond donors (Lipinski definition) is 0. The molecule has 0 bridgehead atoms. The lowest BCUT2D eigenvalue weighted by molar-refractivity contribution is 0.448. The maximum absolute atomic E-state index is 12.7. The van der Waals surface area contributed by atoms with E-state index in [0.717, 1.165) is 0 Å². The van der Waals surface area contributed by atoms with Gasteiger partial charge in [0.15, 0.2) is 9.84 Å². The van der Waals surface area contributed by atoms with Crippen LogP contribution in [-0.2, 0) is 15.7 Å². The Labute approximate surface area is 127 Å². The second-order valence-electron chi connectivity index (χ2n) is 5.26. The van der Waals surface area contributed by atoms with Gasteiger partial charge in [-0.2, -0.15) is 0 Å². The Morgan fingerprint density at radius 3 is 2.81 bits per heavy atom. The lowest BCUT2D eigenvalue weighted by Crippen LogP contribution is -2.36. The Morgan fingerprint density at radius 1 is 1.33 bits per heavy atom. The van der Waals surface area contributed by atoms with Gasteiger partial charge in [0.05, 0.1) is 34.3 Å². The van der Waals surface area contributed by atoms with E-state index in [2.05, 4.69) is 4.98 Å². The second kappa shape index (κ2) is 5.42. The zero-order valence-corrected chi connectivity index (χ0v) is 12.9. The highest BCUT2D eigenvalue weighted by Crippen LogP contribution is 2.24. The van der Waals surface area contributed by atoms with Crippen molar-refractivity contribution in [3.05, 3.63) is 40.4 Å². The van der Waals surface area contributed by atoms with Crippen LogP contribution >= 0.6 is 11.6 Å². The van der Waals surface area contributed by atoms with Gasteiger partial charge in [-0.05, 0) is 25.0 Å². The molecule has 1 atom stereocenters. The normalized spacial score (nSPS) is 21.5. The average molecular weight is 327 g/mol. The summed E-state index contributed by atoms with van der Waals surface area (Å²) in [6.45, 7) is 0. The lowest BCUT2D eigenvalue weighted by atomic mass is 10.1. The van der Waals surface area contributed by atoms with Crippen molar-refractivity contribution >= 4 is 32.3 Å². The molecule has 5 nitrogen and oxygen atoms in total. The van der Waals surface area contributed by atoms with Crippen molar-refractivity contribution in [3.8, 4) is 0 Å². The zero-order chi connectivity index (χ0) is 15.0. The number of sulfone groups is 1. The Balaban J connectivity index is 2.21. The van der Waals surface area contributed by atoms with Crippen LogP contribution in [0.1, 0.15) is 24.7 Å². The van der Waals surface area contributed by atoms with Gasteiger partial charge in [0.25, 0.3) is 5.56 Å². The first-order chi connectivity index (χ1) is 10.0. The quantitative estimate of drug-likeness (QED) is 0.790. The summed E-state index contributed by atoms with van der Waals surface area (Å²) >= 11 is 5.92. The van der Waals surface area contributed by atoms with Crippen LogP contribution in [0.5, 0.6) is 0 Å². The van der Waals surface area contributed by atoms with Gasteiger partial charge in [-0.1, -0.05) is 12.1 Å². The fraction of sp³-hybridized carbons (Fsp3) is 0.429. The minimum absolute atomic E-state index is 0.0170. The molecule has 0 amide bonds. The molecule has 0 aliphatic carbocycles. The van der Waals surface area contributed by atoms with Gasteiger partial charge in [-0.15, -0.1) is 11.6 Å². The predicted octanol–water partition coefficient (Wildman–Crippen LogP) is 1.88. The minimum Gasteiger partial charge on any atom is -0.291 e. The number of para-hydroxylation sites is 1. The third kappa shape index (κ3) is 2.70. The van der Waals surface area contributed by atoms with E-state index in [0.29, 0.717) is 29.6 Å². The van der Waals surface area contributed by atoms with Gasteiger partial charge in [-0.3, -0.25) is 9.36 Å². The van der Waals surface area contributed by atoms with E-state index in [4.69, 9.17) is 11.6 Å². The van der Waals surface area contributed by atoms with Crippen molar-refractivity contribution in [2.75, 3.05) is 11.5 Å². The Morgan fingerprint density at radius 2 is 2.10 bits per heavy atom. The van der Waals surface area contributed by atoms with Crippen LogP contribution in [0, 0.1) is 0 Å². The maximum Gasteiger partial charge on any atom is 0.261 e. The standard InChI is InChI=1S/C14H15ClN2O3S/c15-8-13-16-12-6-2-1-5-11(12)14(18)17(13)10-4-3-7-21(19,20)9-10/h1-2,5-6,10H,3-4,7-9H2. The zero-order valence-electron chi connectivity index (χ0n) is 11.3. The van der Waals surface area contributed by atoms with Crippen LogP contribution in [-0.4, -0.2) is 29.5 Å². The minimum atomic E-state index is -3.11. The molecule has 2 heterocycles. The van der Waals surface area contributed by atoms with Crippen molar-refractivity contribution in [2.24, 2.45) is 0 Å². The van der Waals surface area contributed by atoms with Gasteiger partial charge >= 0.3 is 0 Å². The first-order valence-electron chi connectivity index (χ1n) is 6.78. The topological polar surface area (TPSA) is 69.0 Å². The van der Waals surface area contributed by atoms with Crippen LogP contribution in [0.4, 0.5) is 0 Å². The summed E-state index contributed by atoms with van der Waals surface area (Å²) in [5, 5.41) is 0.495. The van der Waals surface area contributed by atoms with Crippen LogP contribution in [0.3, 0.4) is 0 Å². The Hall–Kier alpha value is -1.40. The molecule has 7 heteroatoms. The number of fused-ring (bicyclic) bond motifs is 1. The molecular formula is C14H15ClN2O3S. The van der Waals surface area contributed by atoms with Crippen molar-refractivity contribution in [1.29, 1.82) is 0 Å². The van der Waals surface area contributed by atoms with Gasteiger partial charge in [0, 0.05) is 0 Å². The monoisotopic (exact) mass is 326 g/mol. The SMILES string of the molecule is O=c1c2ccccc2nc(CCl)n1C1CCCS(=O)(=O)C1. The molecule has 1 aromatic heterocycles. The van der Waals surface area contributed by atoms with E-state index in [1.165, 1.54) is 4.57 Å². The molecule has 1 aromatic carbocycles. The molecule has 21 heavy (non-hydrogen) atoms. The molecular weight excluding hydrogens is 312 g/mol. The van der Waals surface area contributed by atoms with E-state index < -0.39 is 9.84 Å². The third-order valence-electron chi connectivity index (χ3n) is 3.80. The fourth-order valence-electron chi connectivity index (χ4n) is 2.87. The highest BCUT2D eigenvalue weighted by molar-refractivity contribution is 7.91. The molecule has 1 aliphatic heterocycles. The molecule has 0 saturated carbocycles. The first kappa shape index (κ1) is 14.5. The molecule has 0 radical (unpaired) electrons. The van der Waals surface area contributed by atoms with Crippen LogP contribution < -0.4 is 5.56 Å². The summed E-state index contributed by atoms with van der Waals surface area (Å²) in [4.78, 5) is 17.1. The van der Waals surface area contributed by atoms with Gasteiger partial charge < -0.3 is 0 Å². The van der Waals surface area contributed by atoms with Crippen molar-refractivity contribution in [2.45, 2.75) is 24.8 Å². The third-order valence-corrected chi connectivity index (χ3v) is 5.85. The molecule has 1 fully saturated rings. The highest BCUT2D eigenvalue weighted by atomic mass is 35.5. The fourth-order valence-corrected chi connectivity index (χ4v) is 4.73. The molecule has 1 saturated heterocycles. The highest BCUT2D eigenvalue weighted by Gasteiger charge is 2.28. The number of aromatic nitrogens is 2. The molecule has 1 unspecified atom stereocenters. The smallest absolute Gasteiger partial charge is 0.261 e. The number of halogens is 1. The van der Waals surface area contributed by atoms with E-state index in [1.54, 1.807) is 18.2 Å². The maximum atomic E-state index is 12.7. The number of alkyl halides is 1. The first-order valence-corrected chi connectivity index (χ1v) is 9.14. The number of nitrogens with zero attached hydrogens (tertiary/aromatic N) is 2. The Kier molecular flexibility index (Phi) is 3.75. The lowest BCUT2D eigenvalue weighted by Gasteiger charge is -2.26. The predicted molar refractivity (Wildman–Crippen MR) is 82.5 cm³/mol. The number of hydrogen-bond acceptors (Lipinski definition) is 4. The van der Waals surface area contributed by atoms with Gasteiger partial charge in [0.1, 0.15) is 5.82 Å². The summed E-state index contributed by atoms with van der Waals surface area (Å²) in [5.41, 5.74) is 0.381. The number of benzene rings is 1. The molecule has 1 aliphatic rings. The second-order valence-corrected chi connectivity index (χ2v) is 7.76. The summed E-state index contributed by atoms with van der Waals surface area (Å²) < 4.78 is 25.2. The summed E-state index contributed by atoms with van der Waals surface area (Å²) in [6, 6.07) is 6.67. The van der Waals surface area contributed by atoms with Gasteiger partial charge in [0.2, 0.25) is 0 Å². The molecule has 3 rings (SSSR count). The molecule has 112 valence electrons. The van der Waals surface area contributed by atoms with Crippen LogP contribution in [0.2, 0.25) is 0 Å². The van der Waals surface area contributed by atoms with Gasteiger partial charge in [-0.25, -0.2) is 13.4 Å². The van der Waals surface area contributed by atoms with Crippen molar-refractivity contribution < 1.29 is 8.42 Å². The summed E-state index contributed by atoms with van der Waals surface area (Å²) in [6.07, 6.45) is 1.22. The molecule has 0 spiro atoms. The Bertz CT molecular complexity index is 845. The largest absolute Gasteiger partial charge is 0.291 e. The van der Waals surface area contributed by atoms with Crippen LogP contribution in [0.15, 0.2) is 29.1 Å². The van der Waals surface area contributed by atoms with Crippen LogP contribution in [0.25, 0.3) is 10.9 Å². The van der Waals surface area contributed by atoms with E-state index >= 15 is 0 Å². The molecule has 2 aromatic rings. The van der Waals surface area contributed by atoms with Crippen molar-refractivity contribution in [3.63, 3.8) is 0 Å². The van der Waals surface area contributed by atoms with Crippen molar-refractivity contribution in [1.82, 2.24) is 9.55 Å².